The fourth-order valence-electron chi connectivity index (χ4n) is 2.83. The summed E-state index contributed by atoms with van der Waals surface area (Å²) >= 11 is 0. The summed E-state index contributed by atoms with van der Waals surface area (Å²) in [7, 11) is 1.63. The Morgan fingerprint density at radius 1 is 1.48 bits per heavy atom. The zero-order chi connectivity index (χ0) is 16.6. The van der Waals surface area contributed by atoms with Crippen LogP contribution in [0.4, 0.5) is 0 Å². The average Bonchev–Trinajstić information content (AvgIpc) is 2.84. The molecule has 0 aliphatic carbocycles. The third-order valence-electron chi connectivity index (χ3n) is 4.12. The smallest absolute Gasteiger partial charge is 0.339 e. The molecule has 0 bridgehead atoms. The van der Waals surface area contributed by atoms with Crippen LogP contribution >= 0.6 is 0 Å². The van der Waals surface area contributed by atoms with E-state index in [0.29, 0.717) is 18.0 Å². The molecule has 1 unspecified atom stereocenters. The predicted octanol–water partition coefficient (Wildman–Crippen LogP) is 2.53. The van der Waals surface area contributed by atoms with Crippen molar-refractivity contribution in [2.75, 3.05) is 7.11 Å². The van der Waals surface area contributed by atoms with Crippen molar-refractivity contribution < 1.29 is 19.4 Å². The summed E-state index contributed by atoms with van der Waals surface area (Å²) in [6, 6.07) is 7.72. The fraction of sp³-hybridized carbons (Fsp3) is 0.294. The number of aliphatic carboxylic acids is 1. The number of carboxylic acids is 1. The summed E-state index contributed by atoms with van der Waals surface area (Å²) in [5.74, 6) is 0.274. The first kappa shape index (κ1) is 15.1. The number of hydrogen-bond donors (Lipinski definition) is 1. The van der Waals surface area contributed by atoms with Crippen molar-refractivity contribution in [2.45, 2.75) is 26.4 Å². The molecule has 1 N–H and O–H groups in total. The number of fused-ring (bicyclic) bond motifs is 1. The minimum atomic E-state index is -0.993. The normalized spacial score (nSPS) is 19.8. The summed E-state index contributed by atoms with van der Waals surface area (Å²) in [6.07, 6.45) is 1.25. The Hall–Kier alpha value is -2.76. The Morgan fingerprint density at radius 2 is 2.26 bits per heavy atom. The second-order valence-electron chi connectivity index (χ2n) is 5.52. The van der Waals surface area contributed by atoms with Gasteiger partial charge in [-0.3, -0.25) is 5.01 Å². The quantitative estimate of drug-likeness (QED) is 0.924. The molecule has 23 heavy (non-hydrogen) atoms. The molecule has 0 spiro atoms. The van der Waals surface area contributed by atoms with Crippen LogP contribution in [-0.4, -0.2) is 35.1 Å². The molecule has 1 aromatic carbocycles. The highest BCUT2D eigenvalue weighted by Crippen LogP contribution is 2.32. The lowest BCUT2D eigenvalue weighted by Crippen LogP contribution is -2.27. The van der Waals surface area contributed by atoms with Gasteiger partial charge in [0.25, 0.3) is 0 Å². The minimum Gasteiger partial charge on any atom is -0.497 e. The first-order valence-electron chi connectivity index (χ1n) is 7.31. The number of methoxy groups -OCH3 is 1. The Kier molecular flexibility index (Phi) is 3.82. The van der Waals surface area contributed by atoms with E-state index >= 15 is 0 Å². The highest BCUT2D eigenvalue weighted by Gasteiger charge is 2.35. The largest absolute Gasteiger partial charge is 0.497 e. The van der Waals surface area contributed by atoms with Crippen molar-refractivity contribution in [1.82, 2.24) is 5.01 Å². The lowest BCUT2D eigenvalue weighted by Gasteiger charge is -2.22. The van der Waals surface area contributed by atoms with E-state index in [0.717, 1.165) is 16.9 Å². The Bertz CT molecular complexity index is 749. The molecule has 1 aromatic rings. The van der Waals surface area contributed by atoms with E-state index in [-0.39, 0.29) is 11.6 Å². The molecule has 0 fully saturated rings. The third-order valence-corrected chi connectivity index (χ3v) is 4.12. The fourth-order valence-corrected chi connectivity index (χ4v) is 2.83. The zero-order valence-electron chi connectivity index (χ0n) is 13.2. The summed E-state index contributed by atoms with van der Waals surface area (Å²) in [4.78, 5) is 11.3. The van der Waals surface area contributed by atoms with Crippen molar-refractivity contribution in [2.24, 2.45) is 5.10 Å². The van der Waals surface area contributed by atoms with E-state index in [4.69, 9.17) is 9.47 Å². The topological polar surface area (TPSA) is 71.4 Å². The SMILES string of the molecule is COc1cccc(CN2N=C3OC=C(C(=O)O)C(C)=C3C2C)c1. The maximum atomic E-state index is 11.3. The first-order chi connectivity index (χ1) is 11.0. The van der Waals surface area contributed by atoms with Gasteiger partial charge in [-0.05, 0) is 37.1 Å². The van der Waals surface area contributed by atoms with Crippen LogP contribution in [-0.2, 0) is 16.1 Å². The number of hydrogen-bond acceptors (Lipinski definition) is 5. The van der Waals surface area contributed by atoms with Gasteiger partial charge in [-0.2, -0.15) is 0 Å². The van der Waals surface area contributed by atoms with Crippen LogP contribution in [0, 0.1) is 0 Å². The Balaban J connectivity index is 1.86. The standard InChI is InChI=1S/C17H18N2O4/c1-10-14(17(20)21)9-23-16-15(10)11(2)19(18-16)8-12-5-4-6-13(7-12)22-3/h4-7,9,11H,8H2,1-3H3,(H,20,21). The third kappa shape index (κ3) is 2.67. The van der Waals surface area contributed by atoms with Crippen LogP contribution in [0.25, 0.3) is 0 Å². The van der Waals surface area contributed by atoms with Crippen molar-refractivity contribution >= 4 is 11.9 Å². The van der Waals surface area contributed by atoms with Crippen molar-refractivity contribution in [3.05, 3.63) is 52.8 Å². The summed E-state index contributed by atoms with van der Waals surface area (Å²) < 4.78 is 10.6. The van der Waals surface area contributed by atoms with Gasteiger partial charge in [0, 0.05) is 5.57 Å². The highest BCUT2D eigenvalue weighted by molar-refractivity contribution is 6.04. The molecule has 2 heterocycles. The summed E-state index contributed by atoms with van der Waals surface area (Å²) in [6.45, 7) is 4.37. The van der Waals surface area contributed by atoms with Gasteiger partial charge in [-0.1, -0.05) is 12.1 Å². The van der Waals surface area contributed by atoms with E-state index in [1.807, 2.05) is 36.2 Å². The molecule has 0 amide bonds. The second-order valence-corrected chi connectivity index (χ2v) is 5.52. The lowest BCUT2D eigenvalue weighted by molar-refractivity contribution is -0.132. The van der Waals surface area contributed by atoms with Crippen LogP contribution in [0.3, 0.4) is 0 Å². The van der Waals surface area contributed by atoms with E-state index in [1.165, 1.54) is 6.26 Å². The second kappa shape index (κ2) is 5.79. The number of hydrazone groups is 1. The molecule has 2 aliphatic heterocycles. The number of rotatable bonds is 4. The Morgan fingerprint density at radius 3 is 2.96 bits per heavy atom. The average molecular weight is 314 g/mol. The van der Waals surface area contributed by atoms with Crippen molar-refractivity contribution in [1.29, 1.82) is 0 Å². The zero-order valence-corrected chi connectivity index (χ0v) is 13.2. The van der Waals surface area contributed by atoms with E-state index in [1.54, 1.807) is 14.0 Å². The van der Waals surface area contributed by atoms with Crippen LogP contribution < -0.4 is 4.74 Å². The van der Waals surface area contributed by atoms with Gasteiger partial charge in [0.05, 0.1) is 25.3 Å². The molecule has 2 aliphatic rings. The molecule has 1 atom stereocenters. The van der Waals surface area contributed by atoms with Gasteiger partial charge in [0.15, 0.2) is 0 Å². The number of ether oxygens (including phenoxy) is 2. The first-order valence-corrected chi connectivity index (χ1v) is 7.31. The molecule has 6 heteroatoms. The molecular weight excluding hydrogens is 296 g/mol. The summed E-state index contributed by atoms with van der Waals surface area (Å²) in [5, 5.41) is 15.6. The predicted molar refractivity (Wildman–Crippen MR) is 84.9 cm³/mol. The molecule has 120 valence electrons. The molecule has 0 saturated heterocycles. The number of nitrogens with zero attached hydrogens (tertiary/aromatic N) is 2. The van der Waals surface area contributed by atoms with Crippen molar-refractivity contribution in [3.63, 3.8) is 0 Å². The Labute approximate surface area is 134 Å². The van der Waals surface area contributed by atoms with E-state index in [9.17, 15) is 9.90 Å². The van der Waals surface area contributed by atoms with Crippen molar-refractivity contribution in [3.8, 4) is 5.75 Å². The molecule has 0 aromatic heterocycles. The highest BCUT2D eigenvalue weighted by atomic mass is 16.5. The van der Waals surface area contributed by atoms with E-state index in [2.05, 4.69) is 5.10 Å². The van der Waals surface area contributed by atoms with Gasteiger partial charge in [0.1, 0.15) is 12.0 Å². The molecule has 3 rings (SSSR count). The van der Waals surface area contributed by atoms with Gasteiger partial charge in [0.2, 0.25) is 5.90 Å². The van der Waals surface area contributed by atoms with Gasteiger partial charge < -0.3 is 14.6 Å². The molecule has 6 nitrogen and oxygen atoms in total. The summed E-state index contributed by atoms with van der Waals surface area (Å²) in [5.41, 5.74) is 2.76. The van der Waals surface area contributed by atoms with Gasteiger partial charge in [-0.25, -0.2) is 4.79 Å². The van der Waals surface area contributed by atoms with Crippen LogP contribution in [0.1, 0.15) is 19.4 Å². The lowest BCUT2D eigenvalue weighted by atomic mass is 9.96. The molecule has 0 saturated carbocycles. The maximum Gasteiger partial charge on any atom is 0.339 e. The van der Waals surface area contributed by atoms with E-state index < -0.39 is 5.97 Å². The van der Waals surface area contributed by atoms with Gasteiger partial charge >= 0.3 is 5.97 Å². The monoisotopic (exact) mass is 314 g/mol. The van der Waals surface area contributed by atoms with Crippen LogP contribution in [0.5, 0.6) is 5.75 Å². The molecule has 0 radical (unpaired) electrons. The number of benzene rings is 1. The molecular formula is C17H18N2O4. The number of carboxylic acid groups (broad SMARTS) is 1. The van der Waals surface area contributed by atoms with Crippen LogP contribution in [0.15, 0.2) is 52.3 Å². The minimum absolute atomic E-state index is 0.0562. The maximum absolute atomic E-state index is 11.3. The van der Waals surface area contributed by atoms with Gasteiger partial charge in [-0.15, -0.1) is 5.10 Å². The number of carbonyl (C=O) groups is 1. The van der Waals surface area contributed by atoms with Crippen LogP contribution in [0.2, 0.25) is 0 Å².